The molecule has 1 heterocycles. The first-order valence-electron chi connectivity index (χ1n) is 9.19. The molecular weight excluding hydrogens is 348 g/mol. The van der Waals surface area contributed by atoms with E-state index in [-0.39, 0.29) is 11.9 Å². The molecule has 1 aliphatic rings. The summed E-state index contributed by atoms with van der Waals surface area (Å²) in [6.45, 7) is 5.02. The quantitative estimate of drug-likeness (QED) is 0.787. The van der Waals surface area contributed by atoms with Crippen molar-refractivity contribution in [2.24, 2.45) is 0 Å². The lowest BCUT2D eigenvalue weighted by molar-refractivity contribution is 0.0934. The number of benzene rings is 2. The third-order valence-corrected chi connectivity index (χ3v) is 5.08. The molecule has 3 rings (SSSR count). The Balaban J connectivity index is 1.76. The van der Waals surface area contributed by atoms with E-state index >= 15 is 0 Å². The summed E-state index contributed by atoms with van der Waals surface area (Å²) in [5.41, 5.74) is 1.63. The maximum absolute atomic E-state index is 12.7. The number of carbonyl (C=O) groups excluding carboxylic acids is 1. The molecule has 1 atom stereocenters. The molecule has 1 saturated heterocycles. The van der Waals surface area contributed by atoms with E-state index in [4.69, 9.17) is 16.3 Å². The first kappa shape index (κ1) is 18.7. The van der Waals surface area contributed by atoms with Crippen LogP contribution in [-0.4, -0.2) is 37.0 Å². The highest BCUT2D eigenvalue weighted by molar-refractivity contribution is 6.31. The van der Waals surface area contributed by atoms with Gasteiger partial charge in [-0.3, -0.25) is 9.69 Å². The molecule has 2 aromatic rings. The van der Waals surface area contributed by atoms with Gasteiger partial charge in [-0.05, 0) is 56.6 Å². The fraction of sp³-hybridized carbons (Fsp3) is 0.381. The number of nitrogens with zero attached hydrogens (tertiary/aromatic N) is 1. The van der Waals surface area contributed by atoms with Gasteiger partial charge in [0.25, 0.3) is 5.91 Å². The number of hydrogen-bond acceptors (Lipinski definition) is 3. The topological polar surface area (TPSA) is 41.6 Å². The SMILES string of the molecule is CCOc1ccccc1C(=O)NC[C@H](c1ccccc1Cl)N1CCCC1. The second kappa shape index (κ2) is 9.06. The Morgan fingerprint density at radius 1 is 1.15 bits per heavy atom. The molecule has 138 valence electrons. The van der Waals surface area contributed by atoms with Gasteiger partial charge in [0.15, 0.2) is 0 Å². The van der Waals surface area contributed by atoms with Crippen LogP contribution >= 0.6 is 11.6 Å². The van der Waals surface area contributed by atoms with Gasteiger partial charge in [0, 0.05) is 11.6 Å². The summed E-state index contributed by atoms with van der Waals surface area (Å²) >= 11 is 6.44. The second-order valence-electron chi connectivity index (χ2n) is 6.42. The average molecular weight is 373 g/mol. The van der Waals surface area contributed by atoms with E-state index in [0.717, 1.165) is 23.7 Å². The number of nitrogens with one attached hydrogen (secondary N) is 1. The normalized spacial score (nSPS) is 15.6. The van der Waals surface area contributed by atoms with Crippen LogP contribution < -0.4 is 10.1 Å². The Kier molecular flexibility index (Phi) is 6.53. The van der Waals surface area contributed by atoms with Crippen LogP contribution in [-0.2, 0) is 0 Å². The number of likely N-dealkylation sites (tertiary alicyclic amines) is 1. The average Bonchev–Trinajstić information content (AvgIpc) is 3.18. The largest absolute Gasteiger partial charge is 0.493 e. The van der Waals surface area contributed by atoms with Crippen LogP contribution in [0.3, 0.4) is 0 Å². The van der Waals surface area contributed by atoms with Gasteiger partial charge in [-0.25, -0.2) is 0 Å². The van der Waals surface area contributed by atoms with E-state index in [1.165, 1.54) is 12.8 Å². The van der Waals surface area contributed by atoms with Gasteiger partial charge in [0.05, 0.1) is 18.2 Å². The van der Waals surface area contributed by atoms with Crippen LogP contribution in [0.1, 0.15) is 41.7 Å². The van der Waals surface area contributed by atoms with Gasteiger partial charge < -0.3 is 10.1 Å². The maximum Gasteiger partial charge on any atom is 0.255 e. The highest BCUT2D eigenvalue weighted by Gasteiger charge is 2.26. The van der Waals surface area contributed by atoms with E-state index in [1.54, 1.807) is 6.07 Å². The Labute approximate surface area is 160 Å². The molecule has 4 nitrogen and oxygen atoms in total. The molecule has 1 amide bonds. The summed E-state index contributed by atoms with van der Waals surface area (Å²) < 4.78 is 5.58. The lowest BCUT2D eigenvalue weighted by Crippen LogP contribution is -2.37. The van der Waals surface area contributed by atoms with Crippen molar-refractivity contribution < 1.29 is 9.53 Å². The van der Waals surface area contributed by atoms with Crippen LogP contribution in [0.5, 0.6) is 5.75 Å². The van der Waals surface area contributed by atoms with Crippen molar-refractivity contribution in [1.82, 2.24) is 10.2 Å². The van der Waals surface area contributed by atoms with Crippen LogP contribution in [0.15, 0.2) is 48.5 Å². The lowest BCUT2D eigenvalue weighted by atomic mass is 10.0. The zero-order valence-corrected chi connectivity index (χ0v) is 15.8. The summed E-state index contributed by atoms with van der Waals surface area (Å²) in [6.07, 6.45) is 2.37. The summed E-state index contributed by atoms with van der Waals surface area (Å²) in [5.74, 6) is 0.494. The molecule has 0 unspecified atom stereocenters. The number of rotatable bonds is 7. The zero-order valence-electron chi connectivity index (χ0n) is 15.1. The molecule has 0 bridgehead atoms. The fourth-order valence-corrected chi connectivity index (χ4v) is 3.72. The molecule has 0 spiro atoms. The highest BCUT2D eigenvalue weighted by atomic mass is 35.5. The predicted molar refractivity (Wildman–Crippen MR) is 105 cm³/mol. The van der Waals surface area contributed by atoms with Crippen LogP contribution in [0.25, 0.3) is 0 Å². The number of para-hydroxylation sites is 1. The number of hydrogen-bond donors (Lipinski definition) is 1. The number of carbonyl (C=O) groups is 1. The summed E-state index contributed by atoms with van der Waals surface area (Å²) in [5, 5.41) is 3.83. The third-order valence-electron chi connectivity index (χ3n) is 4.73. The van der Waals surface area contributed by atoms with E-state index in [1.807, 2.05) is 49.4 Å². The zero-order chi connectivity index (χ0) is 18.4. The molecule has 0 aromatic heterocycles. The molecular formula is C21H25ClN2O2. The monoisotopic (exact) mass is 372 g/mol. The van der Waals surface area contributed by atoms with Crippen molar-refractivity contribution >= 4 is 17.5 Å². The summed E-state index contributed by atoms with van der Waals surface area (Å²) in [4.78, 5) is 15.1. The molecule has 0 aliphatic carbocycles. The van der Waals surface area contributed by atoms with Gasteiger partial charge in [0.2, 0.25) is 0 Å². The van der Waals surface area contributed by atoms with Gasteiger partial charge >= 0.3 is 0 Å². The van der Waals surface area contributed by atoms with Gasteiger partial charge in [-0.1, -0.05) is 41.9 Å². The van der Waals surface area contributed by atoms with Crippen molar-refractivity contribution in [3.8, 4) is 5.75 Å². The smallest absolute Gasteiger partial charge is 0.255 e. The van der Waals surface area contributed by atoms with E-state index in [2.05, 4.69) is 10.2 Å². The molecule has 1 aliphatic heterocycles. The molecule has 0 radical (unpaired) electrons. The summed E-state index contributed by atoms with van der Waals surface area (Å²) in [6, 6.07) is 15.3. The molecule has 5 heteroatoms. The van der Waals surface area contributed by atoms with Crippen molar-refractivity contribution in [2.45, 2.75) is 25.8 Å². The van der Waals surface area contributed by atoms with Crippen LogP contribution in [0.4, 0.5) is 0 Å². The minimum absolute atomic E-state index is 0.0782. The Morgan fingerprint density at radius 3 is 2.58 bits per heavy atom. The molecule has 26 heavy (non-hydrogen) atoms. The fourth-order valence-electron chi connectivity index (χ4n) is 3.45. The first-order chi connectivity index (χ1) is 12.7. The van der Waals surface area contributed by atoms with Gasteiger partial charge in [-0.15, -0.1) is 0 Å². The minimum atomic E-state index is -0.120. The standard InChI is InChI=1S/C21H25ClN2O2/c1-2-26-20-12-6-4-10-17(20)21(25)23-15-19(24-13-7-8-14-24)16-9-3-5-11-18(16)22/h3-6,9-12,19H,2,7-8,13-15H2,1H3,(H,23,25)/t19-/m1/s1. The first-order valence-corrected chi connectivity index (χ1v) is 9.57. The van der Waals surface area contributed by atoms with Crippen LogP contribution in [0, 0.1) is 0 Å². The predicted octanol–water partition coefficient (Wildman–Crippen LogP) is 4.31. The molecule has 1 N–H and O–H groups in total. The third kappa shape index (κ3) is 4.37. The van der Waals surface area contributed by atoms with E-state index in [9.17, 15) is 4.79 Å². The second-order valence-corrected chi connectivity index (χ2v) is 6.83. The Morgan fingerprint density at radius 2 is 1.85 bits per heavy atom. The van der Waals surface area contributed by atoms with Crippen molar-refractivity contribution in [3.05, 3.63) is 64.7 Å². The minimum Gasteiger partial charge on any atom is -0.493 e. The van der Waals surface area contributed by atoms with Crippen molar-refractivity contribution in [2.75, 3.05) is 26.2 Å². The Bertz CT molecular complexity index is 744. The summed E-state index contributed by atoms with van der Waals surface area (Å²) in [7, 11) is 0. The highest BCUT2D eigenvalue weighted by Crippen LogP contribution is 2.30. The van der Waals surface area contributed by atoms with Gasteiger partial charge in [-0.2, -0.15) is 0 Å². The molecule has 2 aromatic carbocycles. The maximum atomic E-state index is 12.7. The molecule has 0 saturated carbocycles. The van der Waals surface area contributed by atoms with Crippen molar-refractivity contribution in [3.63, 3.8) is 0 Å². The van der Waals surface area contributed by atoms with E-state index in [0.29, 0.717) is 24.5 Å². The number of amides is 1. The molecule has 1 fully saturated rings. The number of ether oxygens (including phenoxy) is 1. The number of halogens is 1. The van der Waals surface area contributed by atoms with Crippen LogP contribution in [0.2, 0.25) is 5.02 Å². The lowest BCUT2D eigenvalue weighted by Gasteiger charge is -2.29. The van der Waals surface area contributed by atoms with Crippen molar-refractivity contribution in [1.29, 1.82) is 0 Å². The Hall–Kier alpha value is -2.04. The van der Waals surface area contributed by atoms with Gasteiger partial charge in [0.1, 0.15) is 5.75 Å². The van der Waals surface area contributed by atoms with E-state index < -0.39 is 0 Å².